The van der Waals surface area contributed by atoms with Gasteiger partial charge >= 0.3 is 0 Å². The third-order valence-corrected chi connectivity index (χ3v) is 3.04. The Hall–Kier alpha value is -2.43. The molecule has 0 unspecified atom stereocenters. The van der Waals surface area contributed by atoms with Gasteiger partial charge in [-0.3, -0.25) is 9.59 Å². The van der Waals surface area contributed by atoms with E-state index in [1.807, 2.05) is 32.9 Å². The van der Waals surface area contributed by atoms with E-state index in [9.17, 15) is 9.59 Å². The lowest BCUT2D eigenvalue weighted by atomic mass is 10.1. The largest absolute Gasteiger partial charge is 0.346 e. The van der Waals surface area contributed by atoms with Crippen LogP contribution < -0.4 is 10.9 Å². The molecule has 0 aliphatic heterocycles. The highest BCUT2D eigenvalue weighted by molar-refractivity contribution is 5.92. The number of aromatic amines is 1. The van der Waals surface area contributed by atoms with Gasteiger partial charge in [-0.2, -0.15) is 0 Å². The molecule has 20 heavy (non-hydrogen) atoms. The first-order valence-corrected chi connectivity index (χ1v) is 6.38. The molecule has 0 aromatic carbocycles. The average molecular weight is 271 g/mol. The second-order valence-corrected chi connectivity index (χ2v) is 4.79. The van der Waals surface area contributed by atoms with Gasteiger partial charge in [-0.05, 0) is 44.5 Å². The van der Waals surface area contributed by atoms with Gasteiger partial charge in [-0.25, -0.2) is 4.98 Å². The maximum absolute atomic E-state index is 12.0. The second-order valence-electron chi connectivity index (χ2n) is 4.79. The molecular formula is C15H17N3O2. The van der Waals surface area contributed by atoms with Gasteiger partial charge in [-0.1, -0.05) is 6.07 Å². The van der Waals surface area contributed by atoms with Crippen LogP contribution in [0.1, 0.15) is 33.0 Å². The number of carbonyl (C=O) groups is 1. The van der Waals surface area contributed by atoms with Gasteiger partial charge in [0.25, 0.3) is 11.5 Å². The molecule has 104 valence electrons. The number of hydrogen-bond donors (Lipinski definition) is 2. The molecule has 2 heterocycles. The zero-order valence-electron chi connectivity index (χ0n) is 11.8. The highest BCUT2D eigenvalue weighted by Gasteiger charge is 2.10. The van der Waals surface area contributed by atoms with Crippen molar-refractivity contribution in [3.63, 3.8) is 0 Å². The number of amides is 1. The molecule has 2 rings (SSSR count). The number of pyridine rings is 2. The Morgan fingerprint density at radius 2 is 2.05 bits per heavy atom. The van der Waals surface area contributed by atoms with Crippen LogP contribution in [0.15, 0.2) is 29.1 Å². The van der Waals surface area contributed by atoms with Crippen molar-refractivity contribution in [1.29, 1.82) is 0 Å². The fraction of sp³-hybridized carbons (Fsp3) is 0.267. The molecule has 0 spiro atoms. The van der Waals surface area contributed by atoms with Gasteiger partial charge in [0.2, 0.25) is 0 Å². The number of carbonyl (C=O) groups excluding carboxylic acids is 1. The van der Waals surface area contributed by atoms with Crippen molar-refractivity contribution in [2.24, 2.45) is 0 Å². The zero-order valence-corrected chi connectivity index (χ0v) is 11.8. The maximum atomic E-state index is 12.0. The average Bonchev–Trinajstić information content (AvgIpc) is 2.37. The minimum absolute atomic E-state index is 0.167. The minimum Gasteiger partial charge on any atom is -0.346 e. The number of hydrogen-bond acceptors (Lipinski definition) is 3. The predicted molar refractivity (Wildman–Crippen MR) is 76.7 cm³/mol. The van der Waals surface area contributed by atoms with E-state index in [4.69, 9.17) is 0 Å². The van der Waals surface area contributed by atoms with E-state index in [-0.39, 0.29) is 18.0 Å². The summed E-state index contributed by atoms with van der Waals surface area (Å²) in [7, 11) is 0. The lowest BCUT2D eigenvalue weighted by molar-refractivity contribution is 0.0945. The number of aryl methyl sites for hydroxylation is 3. The molecule has 0 atom stereocenters. The summed E-state index contributed by atoms with van der Waals surface area (Å²) in [5, 5.41) is 2.72. The summed E-state index contributed by atoms with van der Waals surface area (Å²) >= 11 is 0. The highest BCUT2D eigenvalue weighted by atomic mass is 16.2. The van der Waals surface area contributed by atoms with Crippen LogP contribution in [0.2, 0.25) is 0 Å². The molecule has 2 aromatic heterocycles. The Morgan fingerprint density at radius 3 is 2.70 bits per heavy atom. The third-order valence-electron chi connectivity index (χ3n) is 3.04. The molecule has 0 bridgehead atoms. The van der Waals surface area contributed by atoms with Crippen LogP contribution in [0.3, 0.4) is 0 Å². The van der Waals surface area contributed by atoms with Crippen LogP contribution in [0.4, 0.5) is 0 Å². The number of nitrogens with zero attached hydrogens (tertiary/aromatic N) is 1. The Balaban J connectivity index is 2.13. The van der Waals surface area contributed by atoms with Gasteiger partial charge < -0.3 is 10.3 Å². The van der Waals surface area contributed by atoms with Crippen molar-refractivity contribution in [3.05, 3.63) is 62.8 Å². The van der Waals surface area contributed by atoms with E-state index in [2.05, 4.69) is 15.3 Å². The van der Waals surface area contributed by atoms with Crippen LogP contribution in [0, 0.1) is 20.8 Å². The van der Waals surface area contributed by atoms with Crippen LogP contribution in [-0.4, -0.2) is 15.9 Å². The van der Waals surface area contributed by atoms with Crippen molar-refractivity contribution in [1.82, 2.24) is 15.3 Å². The third kappa shape index (κ3) is 3.12. The minimum atomic E-state index is -0.284. The normalized spacial score (nSPS) is 10.3. The first kappa shape index (κ1) is 14.0. The molecule has 0 radical (unpaired) electrons. The van der Waals surface area contributed by atoms with Gasteiger partial charge in [0.1, 0.15) is 5.69 Å². The summed E-state index contributed by atoms with van der Waals surface area (Å²) in [4.78, 5) is 30.7. The fourth-order valence-corrected chi connectivity index (χ4v) is 2.03. The van der Waals surface area contributed by atoms with E-state index in [0.29, 0.717) is 11.3 Å². The van der Waals surface area contributed by atoms with Crippen LogP contribution in [-0.2, 0) is 6.54 Å². The van der Waals surface area contributed by atoms with E-state index < -0.39 is 0 Å². The van der Waals surface area contributed by atoms with Gasteiger partial charge in [-0.15, -0.1) is 0 Å². The Morgan fingerprint density at radius 1 is 1.30 bits per heavy atom. The van der Waals surface area contributed by atoms with E-state index in [1.165, 1.54) is 0 Å². The van der Waals surface area contributed by atoms with E-state index in [1.54, 1.807) is 12.1 Å². The SMILES string of the molecule is Cc1cccc(C(=O)NCc2c(C)cc(C)[nH]c2=O)n1. The monoisotopic (exact) mass is 271 g/mol. The predicted octanol–water partition coefficient (Wildman–Crippen LogP) is 1.63. The molecule has 5 heteroatoms. The lowest BCUT2D eigenvalue weighted by Crippen LogP contribution is -2.28. The summed E-state index contributed by atoms with van der Waals surface area (Å²) in [5.41, 5.74) is 3.21. The van der Waals surface area contributed by atoms with Crippen molar-refractivity contribution < 1.29 is 4.79 Å². The standard InChI is InChI=1S/C15H17N3O2/c1-9-7-11(3)18-14(19)12(9)8-16-15(20)13-6-4-5-10(2)17-13/h4-7H,8H2,1-3H3,(H,16,20)(H,18,19). The van der Waals surface area contributed by atoms with Crippen LogP contribution >= 0.6 is 0 Å². The van der Waals surface area contributed by atoms with Crippen molar-refractivity contribution >= 4 is 5.91 Å². The molecule has 0 fully saturated rings. The smallest absolute Gasteiger partial charge is 0.270 e. The van der Waals surface area contributed by atoms with Gasteiger partial charge in [0.05, 0.1) is 0 Å². The molecule has 0 saturated carbocycles. The Bertz CT molecular complexity index is 705. The molecule has 2 N–H and O–H groups in total. The molecule has 0 aliphatic carbocycles. The highest BCUT2D eigenvalue weighted by Crippen LogP contribution is 2.04. The Labute approximate surface area is 117 Å². The van der Waals surface area contributed by atoms with Crippen molar-refractivity contribution in [2.75, 3.05) is 0 Å². The van der Waals surface area contributed by atoms with E-state index >= 15 is 0 Å². The fourth-order valence-electron chi connectivity index (χ4n) is 2.03. The first-order valence-electron chi connectivity index (χ1n) is 6.38. The summed E-state index contributed by atoms with van der Waals surface area (Å²) in [6.07, 6.45) is 0. The molecular weight excluding hydrogens is 254 g/mol. The van der Waals surface area contributed by atoms with Gasteiger partial charge in [0, 0.05) is 23.5 Å². The summed E-state index contributed by atoms with van der Waals surface area (Å²) in [6, 6.07) is 7.13. The summed E-state index contributed by atoms with van der Waals surface area (Å²) in [6.45, 7) is 5.70. The first-order chi connectivity index (χ1) is 9.47. The number of nitrogens with one attached hydrogen (secondary N) is 2. The lowest BCUT2D eigenvalue weighted by Gasteiger charge is -2.08. The topological polar surface area (TPSA) is 74.8 Å². The van der Waals surface area contributed by atoms with Crippen molar-refractivity contribution in [2.45, 2.75) is 27.3 Å². The Kier molecular flexibility index (Phi) is 3.98. The van der Waals surface area contributed by atoms with Crippen LogP contribution in [0.25, 0.3) is 0 Å². The number of rotatable bonds is 3. The molecule has 0 saturated heterocycles. The molecule has 2 aromatic rings. The number of aromatic nitrogens is 2. The summed E-state index contributed by atoms with van der Waals surface area (Å²) in [5.74, 6) is -0.284. The second kappa shape index (κ2) is 5.69. The molecule has 1 amide bonds. The zero-order chi connectivity index (χ0) is 14.7. The molecule has 0 aliphatic rings. The van der Waals surface area contributed by atoms with Crippen molar-refractivity contribution in [3.8, 4) is 0 Å². The maximum Gasteiger partial charge on any atom is 0.270 e. The van der Waals surface area contributed by atoms with Gasteiger partial charge in [0.15, 0.2) is 0 Å². The number of H-pyrrole nitrogens is 1. The quantitative estimate of drug-likeness (QED) is 0.891. The molecule has 5 nitrogen and oxygen atoms in total. The van der Waals surface area contributed by atoms with Crippen LogP contribution in [0.5, 0.6) is 0 Å². The van der Waals surface area contributed by atoms with E-state index in [0.717, 1.165) is 17.0 Å². The summed E-state index contributed by atoms with van der Waals surface area (Å²) < 4.78 is 0.